The highest BCUT2D eigenvalue weighted by molar-refractivity contribution is 7.12. The van der Waals surface area contributed by atoms with Crippen LogP contribution in [0.15, 0.2) is 66.0 Å². The fraction of sp³-hybridized carbons (Fsp3) is 0.125. The van der Waals surface area contributed by atoms with Crippen LogP contribution in [0.3, 0.4) is 0 Å². The maximum Gasteiger partial charge on any atom is 0.350 e. The minimum atomic E-state index is -0.486. The maximum absolute atomic E-state index is 13.2. The van der Waals surface area contributed by atoms with Gasteiger partial charge in [-0.1, -0.05) is 18.2 Å². The molecule has 1 N–H and O–H groups in total. The molecule has 0 unspecified atom stereocenters. The fourth-order valence-electron chi connectivity index (χ4n) is 3.25. The molecule has 31 heavy (non-hydrogen) atoms. The third-order valence-electron chi connectivity index (χ3n) is 4.71. The Morgan fingerprint density at radius 2 is 1.84 bits per heavy atom. The smallest absolute Gasteiger partial charge is 0.350 e. The van der Waals surface area contributed by atoms with E-state index < -0.39 is 5.97 Å². The minimum absolute atomic E-state index is 0.325. The summed E-state index contributed by atoms with van der Waals surface area (Å²) in [7, 11) is 1.31. The topological polar surface area (TPSA) is 77.5 Å². The average Bonchev–Trinajstić information content (AvgIpc) is 3.26. The number of para-hydroxylation sites is 1. The molecule has 0 aliphatic carbocycles. The summed E-state index contributed by atoms with van der Waals surface area (Å²) in [5, 5.41) is 5.30. The zero-order valence-electron chi connectivity index (χ0n) is 17.0. The van der Waals surface area contributed by atoms with E-state index in [0.717, 1.165) is 16.7 Å². The van der Waals surface area contributed by atoms with Crippen LogP contribution in [0.1, 0.15) is 27.0 Å². The van der Waals surface area contributed by atoms with E-state index in [2.05, 4.69) is 5.32 Å². The number of aromatic nitrogens is 1. The predicted molar refractivity (Wildman–Crippen MR) is 122 cm³/mol. The number of benzene rings is 2. The van der Waals surface area contributed by atoms with E-state index in [4.69, 9.17) is 14.5 Å². The second kappa shape index (κ2) is 8.97. The molecule has 0 spiro atoms. The van der Waals surface area contributed by atoms with Crippen molar-refractivity contribution in [3.63, 3.8) is 0 Å². The van der Waals surface area contributed by atoms with E-state index in [0.29, 0.717) is 33.9 Å². The number of carbonyl (C=O) groups excluding carboxylic acids is 2. The Hall–Kier alpha value is -3.71. The van der Waals surface area contributed by atoms with Crippen LogP contribution >= 0.6 is 11.3 Å². The van der Waals surface area contributed by atoms with Crippen LogP contribution in [0.4, 0.5) is 5.69 Å². The quantitative estimate of drug-likeness (QED) is 0.413. The largest absolute Gasteiger partial charge is 0.494 e. The van der Waals surface area contributed by atoms with Crippen molar-refractivity contribution in [2.75, 3.05) is 19.0 Å². The molecule has 0 fully saturated rings. The van der Waals surface area contributed by atoms with Crippen LogP contribution in [0.2, 0.25) is 0 Å². The van der Waals surface area contributed by atoms with Gasteiger partial charge in [-0.15, -0.1) is 11.3 Å². The Bertz CT molecular complexity index is 1250. The van der Waals surface area contributed by atoms with Crippen LogP contribution in [0.25, 0.3) is 22.2 Å². The van der Waals surface area contributed by atoms with Gasteiger partial charge in [0.25, 0.3) is 5.91 Å². The first-order valence-electron chi connectivity index (χ1n) is 9.71. The van der Waals surface area contributed by atoms with Crippen molar-refractivity contribution in [1.29, 1.82) is 0 Å². The summed E-state index contributed by atoms with van der Waals surface area (Å²) < 4.78 is 10.3. The number of pyridine rings is 1. The Balaban J connectivity index is 1.74. The molecule has 0 atom stereocenters. The summed E-state index contributed by atoms with van der Waals surface area (Å²) in [5.41, 5.74) is 3.14. The first-order chi connectivity index (χ1) is 15.1. The van der Waals surface area contributed by atoms with Gasteiger partial charge in [-0.3, -0.25) is 4.79 Å². The van der Waals surface area contributed by atoms with E-state index in [1.54, 1.807) is 17.5 Å². The molecule has 156 valence electrons. The van der Waals surface area contributed by atoms with Gasteiger partial charge in [0.15, 0.2) is 0 Å². The molecule has 0 saturated heterocycles. The number of hydrogen-bond donors (Lipinski definition) is 1. The second-order valence-corrected chi connectivity index (χ2v) is 7.55. The maximum atomic E-state index is 13.2. The molecule has 2 aromatic carbocycles. The summed E-state index contributed by atoms with van der Waals surface area (Å²) >= 11 is 1.21. The molecule has 0 bridgehead atoms. The normalized spacial score (nSPS) is 10.6. The van der Waals surface area contributed by atoms with Gasteiger partial charge in [-0.2, -0.15) is 0 Å². The second-order valence-electron chi connectivity index (χ2n) is 6.64. The third-order valence-corrected chi connectivity index (χ3v) is 5.60. The van der Waals surface area contributed by atoms with Crippen LogP contribution < -0.4 is 10.1 Å². The lowest BCUT2D eigenvalue weighted by molar-refractivity contribution is 0.0607. The van der Waals surface area contributed by atoms with Crippen LogP contribution in [-0.4, -0.2) is 30.6 Å². The molecule has 1 amide bonds. The number of thiophene rings is 1. The Morgan fingerprint density at radius 1 is 1.06 bits per heavy atom. The number of esters is 1. The van der Waals surface area contributed by atoms with Crippen LogP contribution in [-0.2, 0) is 4.74 Å². The van der Waals surface area contributed by atoms with Gasteiger partial charge < -0.3 is 14.8 Å². The van der Waals surface area contributed by atoms with Crippen molar-refractivity contribution in [3.8, 4) is 17.0 Å². The molecular weight excluding hydrogens is 412 g/mol. The highest BCUT2D eigenvalue weighted by Crippen LogP contribution is 2.28. The number of hydrogen-bond acceptors (Lipinski definition) is 6. The molecule has 2 heterocycles. The lowest BCUT2D eigenvalue weighted by Crippen LogP contribution is -2.15. The van der Waals surface area contributed by atoms with E-state index in [1.807, 2.05) is 55.5 Å². The number of rotatable bonds is 6. The first-order valence-corrected chi connectivity index (χ1v) is 10.6. The predicted octanol–water partition coefficient (Wildman–Crippen LogP) is 5.40. The van der Waals surface area contributed by atoms with E-state index in [9.17, 15) is 9.59 Å². The molecule has 0 aliphatic rings. The van der Waals surface area contributed by atoms with E-state index in [-0.39, 0.29) is 5.91 Å². The zero-order chi connectivity index (χ0) is 21.8. The zero-order valence-corrected chi connectivity index (χ0v) is 17.9. The van der Waals surface area contributed by atoms with E-state index >= 15 is 0 Å². The van der Waals surface area contributed by atoms with Crippen molar-refractivity contribution < 1.29 is 19.1 Å². The SMILES string of the molecule is CCOc1ccc(-c2cc(C(=O)Nc3ccsc3C(=O)OC)c3ccccc3n2)cc1. The summed E-state index contributed by atoms with van der Waals surface area (Å²) in [6.07, 6.45) is 0. The molecule has 0 saturated carbocycles. The number of ether oxygens (including phenoxy) is 2. The Kier molecular flexibility index (Phi) is 5.95. The van der Waals surface area contributed by atoms with Crippen molar-refractivity contribution in [3.05, 3.63) is 76.5 Å². The number of fused-ring (bicyclic) bond motifs is 1. The van der Waals surface area contributed by atoms with Crippen LogP contribution in [0, 0.1) is 0 Å². The highest BCUT2D eigenvalue weighted by atomic mass is 32.1. The Morgan fingerprint density at radius 3 is 2.58 bits per heavy atom. The van der Waals surface area contributed by atoms with Gasteiger partial charge in [0.1, 0.15) is 10.6 Å². The monoisotopic (exact) mass is 432 g/mol. The van der Waals surface area contributed by atoms with Gasteiger partial charge in [-0.25, -0.2) is 9.78 Å². The molecule has 2 aromatic heterocycles. The number of nitrogens with zero attached hydrogens (tertiary/aromatic N) is 1. The summed E-state index contributed by atoms with van der Waals surface area (Å²) in [6, 6.07) is 18.5. The summed E-state index contributed by atoms with van der Waals surface area (Å²) in [5.74, 6) is -0.0351. The van der Waals surface area contributed by atoms with Gasteiger partial charge in [-0.05, 0) is 54.8 Å². The first kappa shape index (κ1) is 20.6. The standard InChI is InChI=1S/C24H20N2O4S/c1-3-30-16-10-8-15(9-11-16)21-14-18(17-6-4-5-7-19(17)25-21)23(27)26-20-12-13-31-22(20)24(28)29-2/h4-14H,3H2,1-2H3,(H,26,27). The fourth-order valence-corrected chi connectivity index (χ4v) is 4.01. The van der Waals surface area contributed by atoms with Crippen LogP contribution in [0.5, 0.6) is 5.75 Å². The summed E-state index contributed by atoms with van der Waals surface area (Å²) in [6.45, 7) is 2.52. The van der Waals surface area contributed by atoms with Crippen molar-refractivity contribution >= 4 is 39.8 Å². The van der Waals surface area contributed by atoms with Crippen molar-refractivity contribution in [2.24, 2.45) is 0 Å². The molecule has 7 heteroatoms. The molecule has 4 aromatic rings. The minimum Gasteiger partial charge on any atom is -0.494 e. The molecule has 0 aliphatic heterocycles. The van der Waals surface area contributed by atoms with Gasteiger partial charge >= 0.3 is 5.97 Å². The number of carbonyl (C=O) groups is 2. The Labute approximate surface area is 183 Å². The number of methoxy groups -OCH3 is 1. The lowest BCUT2D eigenvalue weighted by atomic mass is 10.0. The molecule has 6 nitrogen and oxygen atoms in total. The third kappa shape index (κ3) is 4.27. The molecule has 4 rings (SSSR count). The number of nitrogens with one attached hydrogen (secondary N) is 1. The number of amides is 1. The van der Waals surface area contributed by atoms with Crippen molar-refractivity contribution in [1.82, 2.24) is 4.98 Å². The molecule has 0 radical (unpaired) electrons. The average molecular weight is 433 g/mol. The van der Waals surface area contributed by atoms with Crippen molar-refractivity contribution in [2.45, 2.75) is 6.92 Å². The molecular formula is C24H20N2O4S. The van der Waals surface area contributed by atoms with Gasteiger partial charge in [0.2, 0.25) is 0 Å². The number of anilines is 1. The van der Waals surface area contributed by atoms with Gasteiger partial charge in [0, 0.05) is 10.9 Å². The summed E-state index contributed by atoms with van der Waals surface area (Å²) in [4.78, 5) is 30.2. The van der Waals surface area contributed by atoms with E-state index in [1.165, 1.54) is 18.4 Å². The highest BCUT2D eigenvalue weighted by Gasteiger charge is 2.19. The van der Waals surface area contributed by atoms with Gasteiger partial charge in [0.05, 0.1) is 36.2 Å². The lowest BCUT2D eigenvalue weighted by Gasteiger charge is -2.11.